The van der Waals surface area contributed by atoms with Crippen LogP contribution in [0, 0.1) is 0 Å². The summed E-state index contributed by atoms with van der Waals surface area (Å²) in [5, 5.41) is 11.5. The smallest absolute Gasteiger partial charge is 0.414 e. The topological polar surface area (TPSA) is 84.9 Å². The van der Waals surface area contributed by atoms with Crippen molar-refractivity contribution in [1.82, 2.24) is 5.32 Å². The molecule has 1 aromatic rings. The van der Waals surface area contributed by atoms with E-state index in [0.717, 1.165) is 5.56 Å². The summed E-state index contributed by atoms with van der Waals surface area (Å²) in [6.45, 7) is 0. The molecule has 1 fully saturated rings. The summed E-state index contributed by atoms with van der Waals surface area (Å²) in [4.78, 5) is 22.1. The minimum Gasteiger partial charge on any atom is -0.504 e. The molecule has 0 aromatic heterocycles. The predicted molar refractivity (Wildman–Crippen MR) is 61.4 cm³/mol. The lowest BCUT2D eigenvalue weighted by atomic mass is 10.1. The van der Waals surface area contributed by atoms with Crippen molar-refractivity contribution in [3.8, 4) is 11.5 Å². The van der Waals surface area contributed by atoms with E-state index in [1.807, 2.05) is 0 Å². The van der Waals surface area contributed by atoms with Gasteiger partial charge in [0.15, 0.2) is 17.6 Å². The van der Waals surface area contributed by atoms with E-state index in [2.05, 4.69) is 5.32 Å². The second-order valence-corrected chi connectivity index (χ2v) is 3.93. The normalized spacial score (nSPS) is 18.4. The molecule has 0 aliphatic carbocycles. The lowest BCUT2D eigenvalue weighted by molar-refractivity contribution is -0.123. The van der Waals surface area contributed by atoms with E-state index in [9.17, 15) is 14.7 Å². The zero-order valence-corrected chi connectivity index (χ0v) is 9.80. The van der Waals surface area contributed by atoms with Crippen LogP contribution in [-0.4, -0.2) is 30.3 Å². The number of phenolic OH excluding ortho intramolecular Hbond substituents is 1. The van der Waals surface area contributed by atoms with Crippen LogP contribution in [0.5, 0.6) is 11.5 Å². The number of benzene rings is 1. The molecule has 6 heteroatoms. The highest BCUT2D eigenvalue weighted by Gasteiger charge is 2.31. The summed E-state index contributed by atoms with van der Waals surface area (Å²) < 4.78 is 9.78. The van der Waals surface area contributed by atoms with Gasteiger partial charge >= 0.3 is 6.09 Å². The molecule has 0 bridgehead atoms. The minimum atomic E-state index is -0.739. The molecule has 2 amide bonds. The molecule has 1 aromatic carbocycles. The summed E-state index contributed by atoms with van der Waals surface area (Å²) in [7, 11) is 1.46. The Hall–Kier alpha value is -2.24. The maximum Gasteiger partial charge on any atom is 0.414 e. The molecule has 2 rings (SSSR count). The van der Waals surface area contributed by atoms with Crippen molar-refractivity contribution >= 4 is 12.0 Å². The molecule has 1 saturated heterocycles. The first-order chi connectivity index (χ1) is 8.60. The van der Waals surface area contributed by atoms with E-state index in [-0.39, 0.29) is 5.75 Å². The van der Waals surface area contributed by atoms with Crippen molar-refractivity contribution in [2.75, 3.05) is 7.11 Å². The molecule has 18 heavy (non-hydrogen) atoms. The summed E-state index contributed by atoms with van der Waals surface area (Å²) in [5.41, 5.74) is 0.889. The van der Waals surface area contributed by atoms with Gasteiger partial charge in [-0.2, -0.15) is 0 Å². The first-order valence-corrected chi connectivity index (χ1v) is 5.47. The van der Waals surface area contributed by atoms with Crippen molar-refractivity contribution in [2.24, 2.45) is 0 Å². The highest BCUT2D eigenvalue weighted by atomic mass is 16.6. The number of carbonyl (C=O) groups excluding carboxylic acids is 2. The third kappa shape index (κ3) is 2.53. The molecule has 2 N–H and O–H groups in total. The van der Waals surface area contributed by atoms with Crippen LogP contribution in [0.25, 0.3) is 0 Å². The molecular weight excluding hydrogens is 238 g/mol. The maximum atomic E-state index is 11.3. The lowest BCUT2D eigenvalue weighted by Crippen LogP contribution is -2.24. The van der Waals surface area contributed by atoms with E-state index < -0.39 is 18.1 Å². The van der Waals surface area contributed by atoms with Crippen LogP contribution < -0.4 is 10.1 Å². The van der Waals surface area contributed by atoms with Gasteiger partial charge < -0.3 is 14.6 Å². The number of hydrogen-bond acceptors (Lipinski definition) is 5. The SMILES string of the molecule is COc1cc(CCC2OC(=O)NC2=O)ccc1O. The zero-order valence-electron chi connectivity index (χ0n) is 9.80. The Morgan fingerprint density at radius 1 is 1.44 bits per heavy atom. The Morgan fingerprint density at radius 3 is 2.83 bits per heavy atom. The molecule has 6 nitrogen and oxygen atoms in total. The molecule has 1 heterocycles. The molecule has 1 unspecified atom stereocenters. The highest BCUT2D eigenvalue weighted by molar-refractivity contribution is 5.99. The van der Waals surface area contributed by atoms with E-state index >= 15 is 0 Å². The van der Waals surface area contributed by atoms with Crippen molar-refractivity contribution < 1.29 is 24.2 Å². The Kier molecular flexibility index (Phi) is 3.36. The first-order valence-electron chi connectivity index (χ1n) is 5.47. The van der Waals surface area contributed by atoms with Crippen molar-refractivity contribution in [3.05, 3.63) is 23.8 Å². The molecule has 0 saturated carbocycles. The van der Waals surface area contributed by atoms with Crippen LogP contribution in [0.1, 0.15) is 12.0 Å². The number of phenols is 1. The van der Waals surface area contributed by atoms with E-state index in [1.54, 1.807) is 12.1 Å². The molecule has 0 spiro atoms. The molecule has 1 atom stereocenters. The Morgan fingerprint density at radius 2 is 2.22 bits per heavy atom. The second-order valence-electron chi connectivity index (χ2n) is 3.93. The zero-order chi connectivity index (χ0) is 13.1. The average molecular weight is 251 g/mol. The summed E-state index contributed by atoms with van der Waals surface area (Å²) in [6, 6.07) is 4.94. The average Bonchev–Trinajstić information content (AvgIpc) is 2.67. The van der Waals surface area contributed by atoms with Gasteiger partial charge in [0.2, 0.25) is 0 Å². The van der Waals surface area contributed by atoms with Crippen LogP contribution in [0.4, 0.5) is 4.79 Å². The molecule has 0 radical (unpaired) electrons. The molecule has 1 aliphatic rings. The van der Waals surface area contributed by atoms with Gasteiger partial charge in [-0.1, -0.05) is 6.07 Å². The van der Waals surface area contributed by atoms with Gasteiger partial charge in [0, 0.05) is 0 Å². The van der Waals surface area contributed by atoms with Gasteiger partial charge in [-0.15, -0.1) is 0 Å². The van der Waals surface area contributed by atoms with Crippen LogP contribution in [-0.2, 0) is 16.0 Å². The number of hydrogen-bond donors (Lipinski definition) is 2. The fourth-order valence-electron chi connectivity index (χ4n) is 1.76. The number of aryl methyl sites for hydroxylation is 1. The molecule has 96 valence electrons. The second kappa shape index (κ2) is 4.95. The van der Waals surface area contributed by atoms with E-state index in [4.69, 9.17) is 9.47 Å². The largest absolute Gasteiger partial charge is 0.504 e. The van der Waals surface area contributed by atoms with Gasteiger partial charge in [0.25, 0.3) is 5.91 Å². The fourth-order valence-corrected chi connectivity index (χ4v) is 1.76. The van der Waals surface area contributed by atoms with Crippen LogP contribution in [0.3, 0.4) is 0 Å². The quantitative estimate of drug-likeness (QED) is 0.832. The number of methoxy groups -OCH3 is 1. The number of imide groups is 1. The van der Waals surface area contributed by atoms with Crippen molar-refractivity contribution in [3.63, 3.8) is 0 Å². The Labute approximate surface area is 104 Å². The van der Waals surface area contributed by atoms with Gasteiger partial charge in [0.05, 0.1) is 7.11 Å². The van der Waals surface area contributed by atoms with Crippen LogP contribution in [0.2, 0.25) is 0 Å². The molecule has 1 aliphatic heterocycles. The summed E-state index contributed by atoms with van der Waals surface area (Å²) >= 11 is 0. The first kappa shape index (κ1) is 12.2. The Balaban J connectivity index is 1.98. The monoisotopic (exact) mass is 251 g/mol. The number of rotatable bonds is 4. The molecular formula is C12H13NO5. The number of alkyl carbamates (subject to hydrolysis) is 1. The fraction of sp³-hybridized carbons (Fsp3) is 0.333. The third-order valence-electron chi connectivity index (χ3n) is 2.71. The van der Waals surface area contributed by atoms with Crippen LogP contribution >= 0.6 is 0 Å². The third-order valence-corrected chi connectivity index (χ3v) is 2.71. The number of aromatic hydroxyl groups is 1. The summed E-state index contributed by atoms with van der Waals surface area (Å²) in [5.74, 6) is 0.0254. The van der Waals surface area contributed by atoms with Gasteiger partial charge in [0.1, 0.15) is 0 Å². The minimum absolute atomic E-state index is 0.0614. The lowest BCUT2D eigenvalue weighted by Gasteiger charge is -2.08. The van der Waals surface area contributed by atoms with Gasteiger partial charge in [-0.3, -0.25) is 10.1 Å². The predicted octanol–water partition coefficient (Wildman–Crippen LogP) is 0.968. The number of cyclic esters (lactones) is 1. The van der Waals surface area contributed by atoms with Crippen LogP contribution in [0.15, 0.2) is 18.2 Å². The van der Waals surface area contributed by atoms with E-state index in [1.165, 1.54) is 13.2 Å². The van der Waals surface area contributed by atoms with Crippen molar-refractivity contribution in [1.29, 1.82) is 0 Å². The Bertz CT molecular complexity index is 485. The maximum absolute atomic E-state index is 11.3. The van der Waals surface area contributed by atoms with Crippen molar-refractivity contribution in [2.45, 2.75) is 18.9 Å². The standard InChI is InChI=1S/C12H13NO5/c1-17-10-6-7(2-4-8(10)14)3-5-9-11(15)13-12(16)18-9/h2,4,6,9,14H,3,5H2,1H3,(H,13,15,16). The van der Waals surface area contributed by atoms with E-state index in [0.29, 0.717) is 18.6 Å². The van der Waals surface area contributed by atoms with Gasteiger partial charge in [-0.25, -0.2) is 4.79 Å². The van der Waals surface area contributed by atoms with Gasteiger partial charge in [-0.05, 0) is 30.5 Å². The number of amides is 2. The number of ether oxygens (including phenoxy) is 2. The summed E-state index contributed by atoms with van der Waals surface area (Å²) in [6.07, 6.45) is -0.501. The number of carbonyl (C=O) groups is 2. The highest BCUT2D eigenvalue weighted by Crippen LogP contribution is 2.27. The number of nitrogens with one attached hydrogen (secondary N) is 1.